The average Bonchev–Trinajstić information content (AvgIpc) is 2.84. The Morgan fingerprint density at radius 3 is 2.50 bits per heavy atom. The molecule has 1 aromatic carbocycles. The summed E-state index contributed by atoms with van der Waals surface area (Å²) in [5, 5.41) is 2.99. The predicted octanol–water partition coefficient (Wildman–Crippen LogP) is 3.13. The van der Waals surface area contributed by atoms with E-state index in [2.05, 4.69) is 5.32 Å². The Bertz CT molecular complexity index is 714. The van der Waals surface area contributed by atoms with Gasteiger partial charge in [0.1, 0.15) is 5.54 Å². The molecule has 3 rings (SSSR count). The van der Waals surface area contributed by atoms with Crippen LogP contribution in [0.15, 0.2) is 18.2 Å². The van der Waals surface area contributed by atoms with Crippen molar-refractivity contribution in [3.05, 3.63) is 23.8 Å². The molecule has 1 spiro atoms. The number of urea groups is 1. The highest BCUT2D eigenvalue weighted by Gasteiger charge is 2.50. The molecular weight excluding hydrogens is 358 g/mol. The van der Waals surface area contributed by atoms with E-state index in [1.54, 1.807) is 7.11 Å². The molecule has 154 valence electrons. The number of nitrogens with zero attached hydrogens (tertiary/aromatic N) is 2. The van der Waals surface area contributed by atoms with Gasteiger partial charge in [0.25, 0.3) is 5.91 Å². The summed E-state index contributed by atoms with van der Waals surface area (Å²) in [6.07, 6.45) is 5.72. The van der Waals surface area contributed by atoms with Crippen molar-refractivity contribution in [1.82, 2.24) is 15.1 Å². The van der Waals surface area contributed by atoms with Crippen LogP contribution in [0.25, 0.3) is 0 Å². The third-order valence-electron chi connectivity index (χ3n) is 5.57. The zero-order chi connectivity index (χ0) is 20.1. The molecule has 0 atom stereocenters. The zero-order valence-corrected chi connectivity index (χ0v) is 17.1. The molecule has 1 aliphatic carbocycles. The third-order valence-corrected chi connectivity index (χ3v) is 5.57. The Morgan fingerprint density at radius 2 is 1.86 bits per heavy atom. The van der Waals surface area contributed by atoms with Gasteiger partial charge in [0.15, 0.2) is 11.5 Å². The Hall–Kier alpha value is -2.28. The molecule has 2 fully saturated rings. The SMILES string of the molecule is CCOc1ccc(CN(C)CN2C(=O)NC3(CCCCCC3)C2=O)cc1OC. The lowest BCUT2D eigenvalue weighted by atomic mass is 9.90. The maximum Gasteiger partial charge on any atom is 0.326 e. The fourth-order valence-corrected chi connectivity index (χ4v) is 4.16. The number of ether oxygens (including phenoxy) is 2. The van der Waals surface area contributed by atoms with Crippen LogP contribution in [0.1, 0.15) is 51.0 Å². The van der Waals surface area contributed by atoms with Crippen molar-refractivity contribution in [2.75, 3.05) is 27.4 Å². The molecule has 1 saturated carbocycles. The third kappa shape index (κ3) is 4.24. The molecule has 28 heavy (non-hydrogen) atoms. The summed E-state index contributed by atoms with van der Waals surface area (Å²) in [6.45, 7) is 3.36. The van der Waals surface area contributed by atoms with Crippen molar-refractivity contribution < 1.29 is 19.1 Å². The largest absolute Gasteiger partial charge is 0.493 e. The topological polar surface area (TPSA) is 71.1 Å². The average molecular weight is 389 g/mol. The van der Waals surface area contributed by atoms with Crippen molar-refractivity contribution in [2.45, 2.75) is 57.5 Å². The van der Waals surface area contributed by atoms with Crippen LogP contribution >= 0.6 is 0 Å². The standard InChI is InChI=1S/C21H31N3O4/c1-4-28-17-10-9-16(13-18(17)27-3)14-23(2)15-24-19(25)21(22-20(24)26)11-7-5-6-8-12-21/h9-10,13H,4-8,11-12,14-15H2,1-3H3,(H,22,26). The van der Waals surface area contributed by atoms with E-state index >= 15 is 0 Å². The van der Waals surface area contributed by atoms with Gasteiger partial charge in [0.2, 0.25) is 0 Å². The molecule has 1 aromatic rings. The smallest absolute Gasteiger partial charge is 0.326 e. The molecule has 0 radical (unpaired) electrons. The quantitative estimate of drug-likeness (QED) is 0.726. The lowest BCUT2D eigenvalue weighted by Gasteiger charge is -2.26. The number of methoxy groups -OCH3 is 1. The monoisotopic (exact) mass is 389 g/mol. The van der Waals surface area contributed by atoms with Gasteiger partial charge in [-0.2, -0.15) is 0 Å². The van der Waals surface area contributed by atoms with Crippen molar-refractivity contribution in [2.24, 2.45) is 0 Å². The zero-order valence-electron chi connectivity index (χ0n) is 17.1. The number of amides is 3. The van der Waals surface area contributed by atoms with Crippen LogP contribution in [0.4, 0.5) is 4.79 Å². The molecule has 2 aliphatic rings. The van der Waals surface area contributed by atoms with Gasteiger partial charge in [-0.3, -0.25) is 9.69 Å². The number of nitrogens with one attached hydrogen (secondary N) is 1. The summed E-state index contributed by atoms with van der Waals surface area (Å²) in [4.78, 5) is 28.9. The highest BCUT2D eigenvalue weighted by molar-refractivity contribution is 6.07. The number of benzene rings is 1. The van der Waals surface area contributed by atoms with E-state index in [4.69, 9.17) is 9.47 Å². The van der Waals surface area contributed by atoms with Crippen molar-refractivity contribution in [1.29, 1.82) is 0 Å². The lowest BCUT2D eigenvalue weighted by molar-refractivity contribution is -0.133. The van der Waals surface area contributed by atoms with Crippen LogP contribution in [0.5, 0.6) is 11.5 Å². The normalized spacial score (nSPS) is 19.1. The molecule has 3 amide bonds. The number of hydrogen-bond donors (Lipinski definition) is 1. The summed E-state index contributed by atoms with van der Waals surface area (Å²) >= 11 is 0. The fraction of sp³-hybridized carbons (Fsp3) is 0.619. The van der Waals surface area contributed by atoms with E-state index in [1.807, 2.05) is 37.1 Å². The Labute approximate surface area is 167 Å². The van der Waals surface area contributed by atoms with Gasteiger partial charge in [-0.15, -0.1) is 0 Å². The number of carbonyl (C=O) groups is 2. The summed E-state index contributed by atoms with van der Waals surface area (Å²) in [5.41, 5.74) is 0.343. The van der Waals surface area contributed by atoms with Crippen molar-refractivity contribution in [3.63, 3.8) is 0 Å². The minimum Gasteiger partial charge on any atom is -0.493 e. The summed E-state index contributed by atoms with van der Waals surface area (Å²) < 4.78 is 11.0. The highest BCUT2D eigenvalue weighted by atomic mass is 16.5. The second kappa shape index (κ2) is 8.82. The molecule has 1 heterocycles. The first-order valence-corrected chi connectivity index (χ1v) is 10.1. The van der Waals surface area contributed by atoms with Crippen LogP contribution in [-0.2, 0) is 11.3 Å². The minimum atomic E-state index is -0.684. The van der Waals surface area contributed by atoms with E-state index in [1.165, 1.54) is 4.90 Å². The van der Waals surface area contributed by atoms with Crippen LogP contribution in [0.3, 0.4) is 0 Å². The fourth-order valence-electron chi connectivity index (χ4n) is 4.16. The van der Waals surface area contributed by atoms with Crippen LogP contribution in [0.2, 0.25) is 0 Å². The first-order chi connectivity index (χ1) is 13.5. The van der Waals surface area contributed by atoms with E-state index in [9.17, 15) is 9.59 Å². The molecule has 7 heteroatoms. The molecule has 1 saturated heterocycles. The van der Waals surface area contributed by atoms with Crippen molar-refractivity contribution >= 4 is 11.9 Å². The van der Waals surface area contributed by atoms with Gasteiger partial charge in [-0.05, 0) is 44.5 Å². The van der Waals surface area contributed by atoms with Gasteiger partial charge in [0.05, 0.1) is 20.4 Å². The van der Waals surface area contributed by atoms with Crippen molar-refractivity contribution in [3.8, 4) is 11.5 Å². The molecule has 0 bridgehead atoms. The molecule has 0 unspecified atom stereocenters. The minimum absolute atomic E-state index is 0.0736. The summed E-state index contributed by atoms with van der Waals surface area (Å²) in [7, 11) is 3.52. The molecule has 0 aromatic heterocycles. The molecule has 7 nitrogen and oxygen atoms in total. The van der Waals surface area contributed by atoms with Gasteiger partial charge in [0, 0.05) is 6.54 Å². The second-order valence-electron chi connectivity index (χ2n) is 7.73. The highest BCUT2D eigenvalue weighted by Crippen LogP contribution is 2.33. The Morgan fingerprint density at radius 1 is 1.14 bits per heavy atom. The second-order valence-corrected chi connectivity index (χ2v) is 7.73. The van der Waals surface area contributed by atoms with E-state index in [-0.39, 0.29) is 18.6 Å². The Balaban J connectivity index is 1.65. The number of imide groups is 1. The summed E-state index contributed by atoms with van der Waals surface area (Å²) in [6, 6.07) is 5.52. The van der Waals surface area contributed by atoms with Gasteiger partial charge >= 0.3 is 6.03 Å². The van der Waals surface area contributed by atoms with Crippen LogP contribution in [0, 0.1) is 0 Å². The van der Waals surface area contributed by atoms with Gasteiger partial charge < -0.3 is 14.8 Å². The van der Waals surface area contributed by atoms with E-state index in [0.717, 1.165) is 44.1 Å². The maximum atomic E-state index is 13.0. The van der Waals surface area contributed by atoms with E-state index in [0.29, 0.717) is 24.7 Å². The number of carbonyl (C=O) groups excluding carboxylic acids is 2. The number of rotatable bonds is 7. The lowest BCUT2D eigenvalue weighted by Crippen LogP contribution is -2.47. The van der Waals surface area contributed by atoms with Crippen LogP contribution < -0.4 is 14.8 Å². The predicted molar refractivity (Wildman–Crippen MR) is 106 cm³/mol. The first-order valence-electron chi connectivity index (χ1n) is 10.1. The molecule has 1 N–H and O–H groups in total. The summed E-state index contributed by atoms with van der Waals surface area (Å²) in [5.74, 6) is 1.32. The maximum absolute atomic E-state index is 13.0. The van der Waals surface area contributed by atoms with E-state index < -0.39 is 5.54 Å². The van der Waals surface area contributed by atoms with Gasteiger partial charge in [-0.25, -0.2) is 9.69 Å². The number of hydrogen-bond acceptors (Lipinski definition) is 5. The van der Waals surface area contributed by atoms with Gasteiger partial charge in [-0.1, -0.05) is 31.7 Å². The molecule has 1 aliphatic heterocycles. The Kier molecular flexibility index (Phi) is 6.44. The molecular formula is C21H31N3O4. The first kappa shape index (κ1) is 20.5. The van der Waals surface area contributed by atoms with Crippen LogP contribution in [-0.4, -0.2) is 54.7 Å².